The summed E-state index contributed by atoms with van der Waals surface area (Å²) in [5.74, 6) is 1.19. The van der Waals surface area contributed by atoms with E-state index in [4.69, 9.17) is 9.47 Å². The number of likely N-dealkylation sites (N-methyl/N-ethyl adjacent to an activating group) is 1. The molecule has 3 amide bonds. The van der Waals surface area contributed by atoms with Crippen molar-refractivity contribution in [3.63, 3.8) is 0 Å². The lowest BCUT2D eigenvalue weighted by molar-refractivity contribution is -0.137. The number of amides is 3. The Morgan fingerprint density at radius 1 is 1.10 bits per heavy atom. The fourth-order valence-corrected chi connectivity index (χ4v) is 5.06. The van der Waals surface area contributed by atoms with Crippen LogP contribution in [0.25, 0.3) is 10.9 Å². The molecule has 1 aromatic heterocycles. The summed E-state index contributed by atoms with van der Waals surface area (Å²) in [6.45, 7) is 2.46. The highest BCUT2D eigenvalue weighted by Crippen LogP contribution is 2.50. The first-order valence-corrected chi connectivity index (χ1v) is 9.58. The molecular formula is C22H19N3O4. The number of nitrogens with one attached hydrogen (secondary N) is 1. The molecule has 0 spiro atoms. The molecule has 1 unspecified atom stereocenters. The van der Waals surface area contributed by atoms with Crippen LogP contribution in [0.2, 0.25) is 0 Å². The van der Waals surface area contributed by atoms with E-state index in [9.17, 15) is 9.59 Å². The summed E-state index contributed by atoms with van der Waals surface area (Å²) in [4.78, 5) is 32.8. The summed E-state index contributed by atoms with van der Waals surface area (Å²) in [7, 11) is 1.56. The predicted molar refractivity (Wildman–Crippen MR) is 105 cm³/mol. The van der Waals surface area contributed by atoms with Gasteiger partial charge in [-0.2, -0.15) is 0 Å². The largest absolute Gasteiger partial charge is 0.454 e. The van der Waals surface area contributed by atoms with Crippen LogP contribution in [0.1, 0.15) is 29.8 Å². The maximum atomic E-state index is 13.2. The maximum Gasteiger partial charge on any atom is 0.327 e. The molecule has 0 saturated carbocycles. The van der Waals surface area contributed by atoms with E-state index >= 15 is 0 Å². The number of aromatic nitrogens is 1. The zero-order valence-electron chi connectivity index (χ0n) is 16.1. The third-order valence-corrected chi connectivity index (χ3v) is 6.38. The zero-order valence-corrected chi connectivity index (χ0v) is 16.1. The van der Waals surface area contributed by atoms with Gasteiger partial charge in [-0.25, -0.2) is 4.79 Å². The van der Waals surface area contributed by atoms with E-state index < -0.39 is 5.41 Å². The van der Waals surface area contributed by atoms with Crippen molar-refractivity contribution in [3.05, 3.63) is 59.3 Å². The molecule has 0 aliphatic carbocycles. The van der Waals surface area contributed by atoms with Crippen molar-refractivity contribution < 1.29 is 19.1 Å². The molecule has 3 aromatic rings. The van der Waals surface area contributed by atoms with Crippen molar-refractivity contribution in [2.24, 2.45) is 0 Å². The standard InChI is InChI=1S/C22H19N3O4/c1-22-10-25(21(27)24(2)20(22)26)19(12-7-8-15-16(9-12)29-11-28-15)18-17(22)13-5-3-4-6-14(13)23-18/h3-9,19,23H,10-11H2,1-2H3/t19-,22?/m1/s1. The van der Waals surface area contributed by atoms with Crippen LogP contribution in [-0.2, 0) is 10.2 Å². The number of urea groups is 1. The predicted octanol–water partition coefficient (Wildman–Crippen LogP) is 3.15. The monoisotopic (exact) mass is 389 g/mol. The number of carbonyl (C=O) groups is 2. The Balaban J connectivity index is 1.65. The summed E-state index contributed by atoms with van der Waals surface area (Å²) in [6.07, 6.45) is 0. The Bertz CT molecular complexity index is 1220. The second-order valence-electron chi connectivity index (χ2n) is 8.08. The van der Waals surface area contributed by atoms with Crippen LogP contribution in [-0.4, -0.2) is 47.1 Å². The van der Waals surface area contributed by atoms with Gasteiger partial charge in [0.15, 0.2) is 11.5 Å². The van der Waals surface area contributed by atoms with Crippen molar-refractivity contribution in [2.75, 3.05) is 20.4 Å². The fourth-order valence-electron chi connectivity index (χ4n) is 5.06. The Morgan fingerprint density at radius 2 is 1.90 bits per heavy atom. The van der Waals surface area contributed by atoms with Gasteiger partial charge in [0.25, 0.3) is 0 Å². The van der Waals surface area contributed by atoms with Gasteiger partial charge in [-0.05, 0) is 30.7 Å². The summed E-state index contributed by atoms with van der Waals surface area (Å²) < 4.78 is 11.0. The van der Waals surface area contributed by atoms with Crippen LogP contribution in [0.4, 0.5) is 4.79 Å². The molecular weight excluding hydrogens is 370 g/mol. The first-order valence-electron chi connectivity index (χ1n) is 9.58. The van der Waals surface area contributed by atoms with Gasteiger partial charge in [0.05, 0.1) is 11.5 Å². The van der Waals surface area contributed by atoms with Crippen LogP contribution in [0, 0.1) is 0 Å². The fraction of sp³-hybridized carbons (Fsp3) is 0.273. The summed E-state index contributed by atoms with van der Waals surface area (Å²) >= 11 is 0. The molecule has 1 saturated heterocycles. The first kappa shape index (κ1) is 16.5. The summed E-state index contributed by atoms with van der Waals surface area (Å²) in [5, 5.41) is 1.02. The number of hydrogen-bond acceptors (Lipinski definition) is 4. The minimum absolute atomic E-state index is 0.172. The number of ether oxygens (including phenoxy) is 2. The highest BCUT2D eigenvalue weighted by molar-refractivity contribution is 6.06. The third-order valence-electron chi connectivity index (χ3n) is 6.38. The maximum absolute atomic E-state index is 13.2. The molecule has 29 heavy (non-hydrogen) atoms. The normalized spacial score (nSPS) is 25.0. The molecule has 1 N–H and O–H groups in total. The molecule has 3 aliphatic heterocycles. The van der Waals surface area contributed by atoms with Gasteiger partial charge >= 0.3 is 6.03 Å². The van der Waals surface area contributed by atoms with Crippen molar-refractivity contribution in [2.45, 2.75) is 18.4 Å². The number of rotatable bonds is 1. The lowest BCUT2D eigenvalue weighted by atomic mass is 9.72. The molecule has 7 nitrogen and oxygen atoms in total. The number of para-hydroxylation sites is 1. The molecule has 4 heterocycles. The Hall–Kier alpha value is -3.48. The van der Waals surface area contributed by atoms with Gasteiger partial charge < -0.3 is 19.4 Å². The van der Waals surface area contributed by atoms with E-state index in [0.29, 0.717) is 18.0 Å². The topological polar surface area (TPSA) is 74.9 Å². The summed E-state index contributed by atoms with van der Waals surface area (Å²) in [6, 6.07) is 13.1. The van der Waals surface area contributed by atoms with E-state index in [1.54, 1.807) is 11.9 Å². The van der Waals surface area contributed by atoms with Crippen LogP contribution >= 0.6 is 0 Å². The lowest BCUT2D eigenvalue weighted by Crippen LogP contribution is -2.65. The quantitative estimate of drug-likeness (QED) is 0.694. The molecule has 7 heteroatoms. The van der Waals surface area contributed by atoms with Crippen molar-refractivity contribution in [1.29, 1.82) is 0 Å². The van der Waals surface area contributed by atoms with Gasteiger partial charge in [-0.15, -0.1) is 0 Å². The Morgan fingerprint density at radius 3 is 2.76 bits per heavy atom. The number of nitrogens with zero attached hydrogens (tertiary/aromatic N) is 2. The highest BCUT2D eigenvalue weighted by Gasteiger charge is 2.55. The average molecular weight is 389 g/mol. The average Bonchev–Trinajstić information content (AvgIpc) is 3.35. The minimum Gasteiger partial charge on any atom is -0.454 e. The van der Waals surface area contributed by atoms with Gasteiger partial charge in [-0.3, -0.25) is 9.69 Å². The SMILES string of the molecule is CN1C(=O)N2CC(C)(C1=O)c1c([nH]c3ccccc13)[C@H]2c1ccc2c(c1)OCO2. The van der Waals surface area contributed by atoms with Crippen molar-refractivity contribution >= 4 is 22.8 Å². The van der Waals surface area contributed by atoms with Crippen LogP contribution in [0.5, 0.6) is 11.5 Å². The molecule has 1 fully saturated rings. The lowest BCUT2D eigenvalue weighted by Gasteiger charge is -2.50. The van der Waals surface area contributed by atoms with Gasteiger partial charge in [0.1, 0.15) is 0 Å². The van der Waals surface area contributed by atoms with Gasteiger partial charge in [-0.1, -0.05) is 24.3 Å². The molecule has 2 bridgehead atoms. The van der Waals surface area contributed by atoms with Gasteiger partial charge in [0, 0.05) is 35.8 Å². The van der Waals surface area contributed by atoms with E-state index in [1.807, 2.05) is 49.4 Å². The number of imide groups is 1. The molecule has 0 radical (unpaired) electrons. The minimum atomic E-state index is -0.801. The number of H-pyrrole nitrogens is 1. The summed E-state index contributed by atoms with van der Waals surface area (Å²) in [5.41, 5.74) is 2.93. The molecule has 2 atom stereocenters. The zero-order chi connectivity index (χ0) is 19.9. The number of aromatic amines is 1. The molecule has 2 aromatic carbocycles. The van der Waals surface area contributed by atoms with E-state index in [0.717, 1.165) is 27.7 Å². The molecule has 146 valence electrons. The number of hydrogen-bond donors (Lipinski definition) is 1. The molecule has 3 aliphatic rings. The Kier molecular flexibility index (Phi) is 3.02. The number of carbonyl (C=O) groups excluding carboxylic acids is 2. The first-order chi connectivity index (χ1) is 14.0. The van der Waals surface area contributed by atoms with Crippen LogP contribution in [0.15, 0.2) is 42.5 Å². The van der Waals surface area contributed by atoms with E-state index in [-0.39, 0.29) is 24.8 Å². The van der Waals surface area contributed by atoms with Crippen molar-refractivity contribution in [1.82, 2.24) is 14.8 Å². The number of fused-ring (bicyclic) bond motifs is 7. The number of benzene rings is 2. The molecule has 6 rings (SSSR count). The Labute approximate surface area is 166 Å². The van der Waals surface area contributed by atoms with Crippen LogP contribution < -0.4 is 9.47 Å². The highest BCUT2D eigenvalue weighted by atomic mass is 16.7. The van der Waals surface area contributed by atoms with Crippen molar-refractivity contribution in [3.8, 4) is 11.5 Å². The second-order valence-corrected chi connectivity index (χ2v) is 8.08. The van der Waals surface area contributed by atoms with Crippen LogP contribution in [0.3, 0.4) is 0 Å². The van der Waals surface area contributed by atoms with E-state index in [1.165, 1.54) is 4.90 Å². The third kappa shape index (κ3) is 1.97. The van der Waals surface area contributed by atoms with E-state index in [2.05, 4.69) is 4.98 Å². The van der Waals surface area contributed by atoms with Gasteiger partial charge in [0.2, 0.25) is 12.7 Å². The smallest absolute Gasteiger partial charge is 0.327 e. The second kappa shape index (κ2) is 5.31.